The second-order valence-electron chi connectivity index (χ2n) is 6.28. The van der Waals surface area contributed by atoms with E-state index < -0.39 is 12.8 Å². The fraction of sp³-hybridized carbons (Fsp3) is 0.389. The molecule has 2 aromatic rings. The molecule has 0 saturated heterocycles. The molecule has 0 aliphatic rings. The minimum absolute atomic E-state index is 0.110. The fourth-order valence-electron chi connectivity index (χ4n) is 2.40. The van der Waals surface area contributed by atoms with E-state index in [1.165, 1.54) is 26.2 Å². The first-order valence-corrected chi connectivity index (χ1v) is 8.58. The summed E-state index contributed by atoms with van der Waals surface area (Å²) in [5, 5.41) is 5.34. The van der Waals surface area contributed by atoms with Crippen LogP contribution in [-0.4, -0.2) is 39.5 Å². The smallest absolute Gasteiger partial charge is 0.422 e. The van der Waals surface area contributed by atoms with Gasteiger partial charge in [0.15, 0.2) is 6.61 Å². The topological polar surface area (TPSA) is 106 Å². The van der Waals surface area contributed by atoms with Crippen molar-refractivity contribution in [2.75, 3.05) is 11.9 Å². The maximum absolute atomic E-state index is 12.3. The molecule has 1 unspecified atom stereocenters. The Morgan fingerprint density at radius 1 is 1.28 bits per heavy atom. The van der Waals surface area contributed by atoms with Crippen LogP contribution in [0, 0.1) is 6.92 Å². The zero-order valence-electron chi connectivity index (χ0n) is 16.0. The van der Waals surface area contributed by atoms with Crippen molar-refractivity contribution < 1.29 is 27.5 Å². The van der Waals surface area contributed by atoms with E-state index >= 15 is 0 Å². The summed E-state index contributed by atoms with van der Waals surface area (Å²) in [4.78, 5) is 35.3. The van der Waals surface area contributed by atoms with Gasteiger partial charge in [-0.15, -0.1) is 0 Å². The molecular weight excluding hydrogens is 391 g/mol. The summed E-state index contributed by atoms with van der Waals surface area (Å²) in [5.74, 6) is -0.481. The molecule has 0 aliphatic heterocycles. The van der Waals surface area contributed by atoms with Crippen molar-refractivity contribution in [2.24, 2.45) is 0 Å². The van der Waals surface area contributed by atoms with Crippen molar-refractivity contribution in [3.8, 4) is 5.88 Å². The molecule has 0 aliphatic carbocycles. The molecule has 2 aromatic heterocycles. The van der Waals surface area contributed by atoms with Gasteiger partial charge in [-0.1, -0.05) is 0 Å². The van der Waals surface area contributed by atoms with Crippen molar-refractivity contribution >= 4 is 17.6 Å². The Kier molecular flexibility index (Phi) is 7.08. The van der Waals surface area contributed by atoms with Gasteiger partial charge in [0.1, 0.15) is 5.82 Å². The van der Waals surface area contributed by atoms with Gasteiger partial charge in [-0.3, -0.25) is 14.6 Å². The number of hydrogen-bond acceptors (Lipinski definition) is 6. The molecule has 2 amide bonds. The highest BCUT2D eigenvalue weighted by molar-refractivity contribution is 5.87. The molecule has 156 valence electrons. The van der Waals surface area contributed by atoms with E-state index in [-0.39, 0.29) is 35.9 Å². The van der Waals surface area contributed by atoms with Crippen LogP contribution in [0.1, 0.15) is 36.8 Å². The number of carbonyl (C=O) groups excluding carboxylic acids is 2. The summed E-state index contributed by atoms with van der Waals surface area (Å²) < 4.78 is 41.3. The van der Waals surface area contributed by atoms with Crippen LogP contribution in [-0.2, 0) is 16.0 Å². The van der Waals surface area contributed by atoms with Crippen molar-refractivity contribution in [2.45, 2.75) is 39.4 Å². The van der Waals surface area contributed by atoms with Gasteiger partial charge in [-0.2, -0.15) is 13.2 Å². The first-order chi connectivity index (χ1) is 13.5. The van der Waals surface area contributed by atoms with Crippen LogP contribution in [0.2, 0.25) is 0 Å². The Morgan fingerprint density at radius 3 is 2.62 bits per heavy atom. The number of carbonyl (C=O) groups is 2. The molecule has 0 bridgehead atoms. The number of anilines is 1. The Balaban J connectivity index is 1.96. The zero-order chi connectivity index (χ0) is 21.6. The van der Waals surface area contributed by atoms with Crippen LogP contribution in [0.15, 0.2) is 24.5 Å². The summed E-state index contributed by atoms with van der Waals surface area (Å²) in [6, 6.07) is 2.97. The Hall–Kier alpha value is -3.24. The summed E-state index contributed by atoms with van der Waals surface area (Å²) in [6.07, 6.45) is -1.88. The highest BCUT2D eigenvalue weighted by Crippen LogP contribution is 2.19. The Labute approximate surface area is 164 Å². The number of rotatable bonds is 7. The molecule has 1 atom stereocenters. The van der Waals surface area contributed by atoms with Crippen LogP contribution in [0.5, 0.6) is 5.88 Å². The molecule has 11 heteroatoms. The van der Waals surface area contributed by atoms with Crippen molar-refractivity contribution in [3.05, 3.63) is 41.5 Å². The van der Waals surface area contributed by atoms with E-state index in [0.717, 1.165) is 5.56 Å². The van der Waals surface area contributed by atoms with Crippen LogP contribution in [0.25, 0.3) is 0 Å². The first kappa shape index (κ1) is 22.1. The lowest BCUT2D eigenvalue weighted by Crippen LogP contribution is -2.28. The van der Waals surface area contributed by atoms with Crippen LogP contribution in [0.3, 0.4) is 0 Å². The minimum atomic E-state index is -4.48. The second kappa shape index (κ2) is 9.30. The van der Waals surface area contributed by atoms with Crippen molar-refractivity contribution in [3.63, 3.8) is 0 Å². The van der Waals surface area contributed by atoms with Gasteiger partial charge in [0, 0.05) is 13.1 Å². The molecule has 0 saturated carbocycles. The van der Waals surface area contributed by atoms with Gasteiger partial charge in [-0.05, 0) is 31.5 Å². The third-order valence-corrected chi connectivity index (χ3v) is 3.63. The van der Waals surface area contributed by atoms with Crippen LogP contribution in [0.4, 0.5) is 19.0 Å². The number of alkyl halides is 3. The average molecular weight is 411 g/mol. The molecule has 2 rings (SSSR count). The predicted octanol–water partition coefficient (Wildman–Crippen LogP) is 2.50. The van der Waals surface area contributed by atoms with E-state index in [1.807, 2.05) is 0 Å². The van der Waals surface area contributed by atoms with Crippen molar-refractivity contribution in [1.82, 2.24) is 20.3 Å². The van der Waals surface area contributed by atoms with Gasteiger partial charge >= 0.3 is 6.18 Å². The Morgan fingerprint density at radius 2 is 2.00 bits per heavy atom. The average Bonchev–Trinajstić information content (AvgIpc) is 2.59. The van der Waals surface area contributed by atoms with Crippen molar-refractivity contribution in [1.29, 1.82) is 0 Å². The lowest BCUT2D eigenvalue weighted by molar-refractivity contribution is -0.154. The number of aromatic nitrogens is 3. The number of aryl methyl sites for hydroxylation is 1. The highest BCUT2D eigenvalue weighted by atomic mass is 19.4. The number of hydrogen-bond donors (Lipinski definition) is 2. The van der Waals surface area contributed by atoms with Gasteiger partial charge < -0.3 is 15.4 Å². The normalized spacial score (nSPS) is 12.2. The molecule has 2 heterocycles. The molecular formula is C18H20F3N5O3. The summed E-state index contributed by atoms with van der Waals surface area (Å²) in [5.41, 5.74) is 1.18. The maximum atomic E-state index is 12.3. The standard InChI is InChI=1S/C18H20F3N5O3/c1-10(13-4-5-22-15(6-13)26-12(3)27)25-16(28)7-14-8-23-17(11(2)24-14)29-9-18(19,20)21/h4-6,8,10H,7,9H2,1-3H3,(H,25,28)(H,22,26,27). The van der Waals surface area contributed by atoms with Gasteiger partial charge in [0.05, 0.1) is 30.0 Å². The molecule has 0 aromatic carbocycles. The van der Waals surface area contributed by atoms with E-state index in [2.05, 4.69) is 30.3 Å². The quantitative estimate of drug-likeness (QED) is 0.725. The van der Waals surface area contributed by atoms with Crippen LogP contribution < -0.4 is 15.4 Å². The van der Waals surface area contributed by atoms with Crippen LogP contribution >= 0.6 is 0 Å². The fourth-order valence-corrected chi connectivity index (χ4v) is 2.40. The third kappa shape index (κ3) is 7.35. The van der Waals surface area contributed by atoms with Gasteiger partial charge in [0.25, 0.3) is 0 Å². The lowest BCUT2D eigenvalue weighted by Gasteiger charge is -2.15. The van der Waals surface area contributed by atoms with E-state index in [0.29, 0.717) is 11.5 Å². The zero-order valence-corrected chi connectivity index (χ0v) is 16.0. The summed E-state index contributed by atoms with van der Waals surface area (Å²) in [6.45, 7) is 3.10. The third-order valence-electron chi connectivity index (χ3n) is 3.63. The number of ether oxygens (including phenoxy) is 1. The Bertz CT molecular complexity index is 889. The first-order valence-electron chi connectivity index (χ1n) is 8.58. The summed E-state index contributed by atoms with van der Waals surface area (Å²) >= 11 is 0. The SMILES string of the molecule is CC(=O)Nc1cc(C(C)NC(=O)Cc2cnc(OCC(F)(F)F)c(C)n2)ccn1. The van der Waals surface area contributed by atoms with E-state index in [1.54, 1.807) is 19.1 Å². The molecule has 2 N–H and O–H groups in total. The molecule has 0 fully saturated rings. The number of amides is 2. The highest BCUT2D eigenvalue weighted by Gasteiger charge is 2.29. The molecule has 29 heavy (non-hydrogen) atoms. The summed E-state index contributed by atoms with van der Waals surface area (Å²) in [7, 11) is 0. The van der Waals surface area contributed by atoms with E-state index in [4.69, 9.17) is 0 Å². The molecule has 0 radical (unpaired) electrons. The number of nitrogens with one attached hydrogen (secondary N) is 2. The van der Waals surface area contributed by atoms with E-state index in [9.17, 15) is 22.8 Å². The lowest BCUT2D eigenvalue weighted by atomic mass is 10.1. The molecule has 0 spiro atoms. The largest absolute Gasteiger partial charge is 0.467 e. The number of pyridine rings is 1. The monoisotopic (exact) mass is 411 g/mol. The maximum Gasteiger partial charge on any atom is 0.422 e. The second-order valence-corrected chi connectivity index (χ2v) is 6.28. The number of nitrogens with zero attached hydrogens (tertiary/aromatic N) is 3. The minimum Gasteiger partial charge on any atom is -0.467 e. The van der Waals surface area contributed by atoms with Gasteiger partial charge in [0.2, 0.25) is 17.7 Å². The predicted molar refractivity (Wildman–Crippen MR) is 97.1 cm³/mol. The molecule has 8 nitrogen and oxygen atoms in total. The number of halogens is 3. The van der Waals surface area contributed by atoms with Gasteiger partial charge in [-0.25, -0.2) is 9.97 Å².